The molecular weight excluding hydrogens is 124 g/mol. The van der Waals surface area contributed by atoms with Crippen molar-refractivity contribution >= 4 is 53.6 Å². The van der Waals surface area contributed by atoms with E-state index < -0.39 is 0 Å². The second-order valence-electron chi connectivity index (χ2n) is 0. The molecule has 0 aromatic carbocycles. The Labute approximate surface area is 70.0 Å². The van der Waals surface area contributed by atoms with Gasteiger partial charge in [-0.15, -0.1) is 0 Å². The van der Waals surface area contributed by atoms with E-state index in [0.29, 0.717) is 0 Å². The molecule has 0 fully saturated rings. The summed E-state index contributed by atoms with van der Waals surface area (Å²) in [5.74, 6) is 0. The summed E-state index contributed by atoms with van der Waals surface area (Å²) in [6.07, 6.45) is 0. The Morgan fingerprint density at radius 3 is 0.750 bits per heavy atom. The predicted molar refractivity (Wildman–Crippen MR) is 27.0 cm³/mol. The van der Waals surface area contributed by atoms with Crippen molar-refractivity contribution in [2.45, 2.75) is 0 Å². The topological polar surface area (TPSA) is 0 Å². The molecule has 0 aliphatic rings. The summed E-state index contributed by atoms with van der Waals surface area (Å²) in [5, 5.41) is 0. The third-order valence-corrected chi connectivity index (χ3v) is 0. The monoisotopic (exact) mass is 131 g/mol. The molecule has 4 heavy (non-hydrogen) atoms. The second-order valence-corrected chi connectivity index (χ2v) is 0. The Morgan fingerprint density at radius 2 is 0.750 bits per heavy atom. The Morgan fingerprint density at radius 1 is 0.750 bits per heavy atom. The Balaban J connectivity index is 0. The molecule has 0 aromatic heterocycles. The van der Waals surface area contributed by atoms with Gasteiger partial charge < -0.3 is 0 Å². The Hall–Kier alpha value is 2.18. The zero-order valence-corrected chi connectivity index (χ0v) is 1.24. The normalized spacial score (nSPS) is 0. The van der Waals surface area contributed by atoms with Gasteiger partial charge in [0.25, 0.3) is 0 Å². The van der Waals surface area contributed by atoms with Gasteiger partial charge in [-0.1, -0.05) is 0 Å². The molecule has 0 aliphatic carbocycles. The molecule has 1 radical (unpaired) electrons. The zero-order chi connectivity index (χ0) is 0. The SMILES string of the molecule is [AlH3].[AlH3].[Cu].[LiH]. The van der Waals surface area contributed by atoms with Crippen LogP contribution in [0, 0.1) is 0 Å². The molecular formula is H7Al2CuLi. The minimum absolute atomic E-state index is 0. The molecule has 0 aliphatic heterocycles. The Bertz CT molecular complexity index is 6.00. The third-order valence-electron chi connectivity index (χ3n) is 0. The standard InChI is InChI=1S/2Al.Cu.Li.7H. The first kappa shape index (κ1) is 34.9. The van der Waals surface area contributed by atoms with E-state index in [-0.39, 0.29) is 70.7 Å². The molecule has 0 aromatic rings. The van der Waals surface area contributed by atoms with Crippen molar-refractivity contribution in [1.82, 2.24) is 0 Å². The number of hydrogen-bond acceptors (Lipinski definition) is 0. The molecule has 0 bridgehead atoms. The van der Waals surface area contributed by atoms with Gasteiger partial charge in [-0.05, 0) is 0 Å². The molecule has 25 valence electrons. The quantitative estimate of drug-likeness (QED) is 0.307. The molecule has 0 heterocycles. The maximum atomic E-state index is 0. The van der Waals surface area contributed by atoms with E-state index in [4.69, 9.17) is 0 Å². The van der Waals surface area contributed by atoms with Crippen LogP contribution in [0.4, 0.5) is 0 Å². The van der Waals surface area contributed by atoms with E-state index in [1.807, 2.05) is 0 Å². The zero-order valence-electron chi connectivity index (χ0n) is 0.302. The average molecular weight is 132 g/mol. The maximum absolute atomic E-state index is 0. The van der Waals surface area contributed by atoms with Gasteiger partial charge in [0.05, 0.1) is 0 Å². The van der Waals surface area contributed by atoms with Crippen LogP contribution < -0.4 is 0 Å². The predicted octanol–water partition coefficient (Wildman–Crippen LogP) is -3.02. The summed E-state index contributed by atoms with van der Waals surface area (Å²) in [6, 6.07) is 0. The van der Waals surface area contributed by atoms with E-state index in [9.17, 15) is 0 Å². The molecule has 0 unspecified atom stereocenters. The van der Waals surface area contributed by atoms with E-state index in [2.05, 4.69) is 0 Å². The van der Waals surface area contributed by atoms with E-state index in [1.54, 1.807) is 0 Å². The van der Waals surface area contributed by atoms with Gasteiger partial charge in [-0.3, -0.25) is 0 Å². The van der Waals surface area contributed by atoms with Gasteiger partial charge in [-0.25, -0.2) is 0 Å². The fourth-order valence-corrected chi connectivity index (χ4v) is 0. The molecule has 0 nitrogen and oxygen atoms in total. The third kappa shape index (κ3) is 8.89. The van der Waals surface area contributed by atoms with E-state index in [0.717, 1.165) is 0 Å². The fourth-order valence-electron chi connectivity index (χ4n) is 0. The molecule has 0 N–H and O–H groups in total. The second kappa shape index (κ2) is 19.0. The van der Waals surface area contributed by atoms with E-state index >= 15 is 0 Å². The van der Waals surface area contributed by atoms with Gasteiger partial charge in [0.2, 0.25) is 0 Å². The van der Waals surface area contributed by atoms with E-state index in [1.165, 1.54) is 0 Å². The van der Waals surface area contributed by atoms with Crippen molar-refractivity contribution in [3.63, 3.8) is 0 Å². The average Bonchev–Trinajstić information content (AvgIpc) is 0. The van der Waals surface area contributed by atoms with Gasteiger partial charge in [0.15, 0.2) is 34.7 Å². The first-order valence-corrected chi connectivity index (χ1v) is 0. The van der Waals surface area contributed by atoms with Crippen LogP contribution in [0.15, 0.2) is 0 Å². The summed E-state index contributed by atoms with van der Waals surface area (Å²) in [6.45, 7) is 0. The van der Waals surface area contributed by atoms with Crippen LogP contribution >= 0.6 is 0 Å². The number of rotatable bonds is 0. The van der Waals surface area contributed by atoms with Crippen LogP contribution in [0.2, 0.25) is 0 Å². The van der Waals surface area contributed by atoms with Crippen molar-refractivity contribution in [2.75, 3.05) is 0 Å². The van der Waals surface area contributed by atoms with Crippen molar-refractivity contribution in [3.8, 4) is 0 Å². The minimum atomic E-state index is 0. The summed E-state index contributed by atoms with van der Waals surface area (Å²) in [7, 11) is 0. The Kier molecular flexibility index (Phi) is 166. The summed E-state index contributed by atoms with van der Waals surface area (Å²) in [5.41, 5.74) is 0. The molecule has 0 atom stereocenters. The van der Waals surface area contributed by atoms with Gasteiger partial charge in [0, 0.05) is 17.1 Å². The van der Waals surface area contributed by atoms with Crippen LogP contribution in [0.1, 0.15) is 0 Å². The fraction of sp³-hybridized carbons (Fsp3) is 0. The van der Waals surface area contributed by atoms with Crippen LogP contribution in [-0.4, -0.2) is 53.6 Å². The van der Waals surface area contributed by atoms with Crippen LogP contribution in [-0.2, 0) is 17.1 Å². The van der Waals surface area contributed by atoms with Gasteiger partial charge >= 0.3 is 18.9 Å². The molecule has 0 spiro atoms. The first-order chi connectivity index (χ1) is 0. The molecule has 0 amide bonds. The van der Waals surface area contributed by atoms with Gasteiger partial charge in [-0.2, -0.15) is 0 Å². The van der Waals surface area contributed by atoms with Crippen LogP contribution in [0.3, 0.4) is 0 Å². The molecule has 0 saturated carbocycles. The van der Waals surface area contributed by atoms with Crippen molar-refractivity contribution in [2.24, 2.45) is 0 Å². The molecule has 0 rings (SSSR count). The summed E-state index contributed by atoms with van der Waals surface area (Å²) < 4.78 is 0. The van der Waals surface area contributed by atoms with Crippen molar-refractivity contribution in [3.05, 3.63) is 0 Å². The van der Waals surface area contributed by atoms with Crippen molar-refractivity contribution in [1.29, 1.82) is 0 Å². The summed E-state index contributed by atoms with van der Waals surface area (Å²) >= 11 is 0. The molecule has 0 saturated heterocycles. The summed E-state index contributed by atoms with van der Waals surface area (Å²) in [4.78, 5) is 0. The molecule has 4 heteroatoms. The van der Waals surface area contributed by atoms with Crippen LogP contribution in [0.5, 0.6) is 0 Å². The van der Waals surface area contributed by atoms with Gasteiger partial charge in [0.1, 0.15) is 0 Å². The van der Waals surface area contributed by atoms with Crippen LogP contribution in [0.25, 0.3) is 0 Å². The van der Waals surface area contributed by atoms with Crippen molar-refractivity contribution < 1.29 is 17.1 Å². The first-order valence-electron chi connectivity index (χ1n) is 0. The number of hydrogen-bond donors (Lipinski definition) is 0.